The maximum atomic E-state index is 10.7. The Balaban J connectivity index is 2.29. The fraction of sp³-hybridized carbons (Fsp3) is 0.538. The molecular formula is C13H19N3O2. The van der Waals surface area contributed by atoms with Crippen LogP contribution in [-0.4, -0.2) is 17.5 Å². The topological polar surface area (TPSA) is 72.4 Å². The number of rotatable bonds is 2. The maximum absolute atomic E-state index is 10.7. The molecule has 5 heteroatoms. The van der Waals surface area contributed by atoms with Gasteiger partial charge in [0.25, 0.3) is 5.69 Å². The van der Waals surface area contributed by atoms with Gasteiger partial charge in [-0.3, -0.25) is 10.1 Å². The Labute approximate surface area is 107 Å². The van der Waals surface area contributed by atoms with Crippen LogP contribution in [0.4, 0.5) is 17.1 Å². The third-order valence-corrected chi connectivity index (χ3v) is 3.58. The van der Waals surface area contributed by atoms with Gasteiger partial charge in [-0.05, 0) is 25.8 Å². The number of anilines is 2. The summed E-state index contributed by atoms with van der Waals surface area (Å²) in [4.78, 5) is 12.6. The first kappa shape index (κ1) is 12.7. The molecule has 0 spiro atoms. The second-order valence-electron chi connectivity index (χ2n) is 4.89. The maximum Gasteiger partial charge on any atom is 0.271 e. The molecule has 1 fully saturated rings. The molecule has 1 aliphatic rings. The van der Waals surface area contributed by atoms with Crippen molar-refractivity contribution in [2.24, 2.45) is 0 Å². The van der Waals surface area contributed by atoms with Crippen molar-refractivity contribution in [1.82, 2.24) is 0 Å². The van der Waals surface area contributed by atoms with E-state index in [2.05, 4.69) is 11.8 Å². The molecule has 0 bridgehead atoms. The number of nitro benzene ring substituents is 1. The molecule has 2 rings (SSSR count). The molecule has 0 amide bonds. The molecule has 1 unspecified atom stereocenters. The van der Waals surface area contributed by atoms with E-state index in [1.54, 1.807) is 6.07 Å². The summed E-state index contributed by atoms with van der Waals surface area (Å²) in [6.07, 6.45) is 4.79. The van der Waals surface area contributed by atoms with Gasteiger partial charge in [0.15, 0.2) is 0 Å². The first-order valence-corrected chi connectivity index (χ1v) is 6.40. The van der Waals surface area contributed by atoms with Crippen LogP contribution in [0.1, 0.15) is 32.6 Å². The van der Waals surface area contributed by atoms with Crippen LogP contribution >= 0.6 is 0 Å². The Morgan fingerprint density at radius 3 is 2.83 bits per heavy atom. The first-order chi connectivity index (χ1) is 8.59. The van der Waals surface area contributed by atoms with Crippen LogP contribution in [0.5, 0.6) is 0 Å². The van der Waals surface area contributed by atoms with Crippen LogP contribution in [0.25, 0.3) is 0 Å². The zero-order valence-corrected chi connectivity index (χ0v) is 10.6. The molecule has 0 aliphatic carbocycles. The number of nitrogens with zero attached hydrogens (tertiary/aromatic N) is 2. The lowest BCUT2D eigenvalue weighted by molar-refractivity contribution is -0.384. The second kappa shape index (κ2) is 5.25. The molecular weight excluding hydrogens is 230 g/mol. The molecule has 2 N–H and O–H groups in total. The van der Waals surface area contributed by atoms with Crippen molar-refractivity contribution in [3.05, 3.63) is 28.3 Å². The van der Waals surface area contributed by atoms with Crippen LogP contribution < -0.4 is 10.6 Å². The van der Waals surface area contributed by atoms with E-state index >= 15 is 0 Å². The molecule has 5 nitrogen and oxygen atoms in total. The van der Waals surface area contributed by atoms with Crippen molar-refractivity contribution < 1.29 is 4.92 Å². The van der Waals surface area contributed by atoms with E-state index in [0.29, 0.717) is 11.7 Å². The Kier molecular flexibility index (Phi) is 3.69. The van der Waals surface area contributed by atoms with Gasteiger partial charge in [0, 0.05) is 24.7 Å². The highest BCUT2D eigenvalue weighted by molar-refractivity contribution is 5.71. The zero-order valence-electron chi connectivity index (χ0n) is 10.6. The largest absolute Gasteiger partial charge is 0.397 e. The molecule has 1 atom stereocenters. The highest BCUT2D eigenvalue weighted by Gasteiger charge is 2.20. The molecule has 1 heterocycles. The number of hydrogen-bond donors (Lipinski definition) is 1. The zero-order chi connectivity index (χ0) is 13.1. The quantitative estimate of drug-likeness (QED) is 0.497. The number of nitrogens with two attached hydrogens (primary N) is 1. The molecule has 0 saturated carbocycles. The van der Waals surface area contributed by atoms with Crippen LogP contribution in [-0.2, 0) is 0 Å². The van der Waals surface area contributed by atoms with Crippen LogP contribution in [0, 0.1) is 10.1 Å². The molecule has 1 aromatic rings. The van der Waals surface area contributed by atoms with Gasteiger partial charge in [0.2, 0.25) is 0 Å². The summed E-state index contributed by atoms with van der Waals surface area (Å²) in [7, 11) is 0. The second-order valence-corrected chi connectivity index (χ2v) is 4.89. The Morgan fingerprint density at radius 1 is 1.39 bits per heavy atom. The lowest BCUT2D eigenvalue weighted by atomic mass is 10.1. The Bertz CT molecular complexity index is 448. The highest BCUT2D eigenvalue weighted by Crippen LogP contribution is 2.31. The summed E-state index contributed by atoms with van der Waals surface area (Å²) in [5.41, 5.74) is 7.44. The van der Waals surface area contributed by atoms with E-state index in [1.165, 1.54) is 25.0 Å². The summed E-state index contributed by atoms with van der Waals surface area (Å²) in [6, 6.07) is 5.20. The van der Waals surface area contributed by atoms with Crippen molar-refractivity contribution >= 4 is 17.1 Å². The first-order valence-electron chi connectivity index (χ1n) is 6.40. The number of hydrogen-bond acceptors (Lipinski definition) is 4. The van der Waals surface area contributed by atoms with Crippen molar-refractivity contribution in [3.63, 3.8) is 0 Å². The van der Waals surface area contributed by atoms with Gasteiger partial charge in [-0.25, -0.2) is 0 Å². The summed E-state index contributed by atoms with van der Waals surface area (Å²) in [6.45, 7) is 3.16. The summed E-state index contributed by atoms with van der Waals surface area (Å²) < 4.78 is 0. The predicted octanol–water partition coefficient (Wildman–Crippen LogP) is 2.95. The van der Waals surface area contributed by atoms with E-state index in [0.717, 1.165) is 25.1 Å². The third-order valence-electron chi connectivity index (χ3n) is 3.58. The molecule has 18 heavy (non-hydrogen) atoms. The highest BCUT2D eigenvalue weighted by atomic mass is 16.6. The monoisotopic (exact) mass is 249 g/mol. The molecule has 1 aromatic carbocycles. The number of benzene rings is 1. The normalized spacial score (nSPS) is 20.5. The number of nitro groups is 1. The van der Waals surface area contributed by atoms with Gasteiger partial charge in [0.05, 0.1) is 16.3 Å². The standard InChI is InChI=1S/C13H19N3O2/c1-10-5-3-2-4-8-15(10)13-7-6-11(16(17)18)9-12(13)14/h6-7,9-10H,2-5,8,14H2,1H3. The van der Waals surface area contributed by atoms with Crippen LogP contribution in [0.3, 0.4) is 0 Å². The lowest BCUT2D eigenvalue weighted by Crippen LogP contribution is -2.33. The van der Waals surface area contributed by atoms with E-state index in [4.69, 9.17) is 5.73 Å². The fourth-order valence-corrected chi connectivity index (χ4v) is 2.55. The van der Waals surface area contributed by atoms with Gasteiger partial charge in [0.1, 0.15) is 0 Å². The Hall–Kier alpha value is -1.78. The molecule has 1 saturated heterocycles. The molecule has 0 aromatic heterocycles. The molecule has 1 aliphatic heterocycles. The SMILES string of the molecule is CC1CCCCCN1c1ccc([N+](=O)[O-])cc1N. The van der Waals surface area contributed by atoms with Crippen molar-refractivity contribution in [2.45, 2.75) is 38.6 Å². The van der Waals surface area contributed by atoms with Crippen molar-refractivity contribution in [2.75, 3.05) is 17.2 Å². The summed E-state index contributed by atoms with van der Waals surface area (Å²) in [5.74, 6) is 0. The minimum Gasteiger partial charge on any atom is -0.397 e. The van der Waals surface area contributed by atoms with E-state index in [-0.39, 0.29) is 5.69 Å². The van der Waals surface area contributed by atoms with Gasteiger partial charge in [-0.1, -0.05) is 12.8 Å². The number of nitrogen functional groups attached to an aromatic ring is 1. The predicted molar refractivity (Wildman–Crippen MR) is 72.8 cm³/mol. The van der Waals surface area contributed by atoms with Crippen molar-refractivity contribution in [1.29, 1.82) is 0 Å². The van der Waals surface area contributed by atoms with Gasteiger partial charge >= 0.3 is 0 Å². The van der Waals surface area contributed by atoms with Gasteiger partial charge in [-0.2, -0.15) is 0 Å². The molecule has 98 valence electrons. The Morgan fingerprint density at radius 2 is 2.17 bits per heavy atom. The van der Waals surface area contributed by atoms with Crippen molar-refractivity contribution in [3.8, 4) is 0 Å². The van der Waals surface area contributed by atoms with E-state index in [1.807, 2.05) is 0 Å². The van der Waals surface area contributed by atoms with E-state index in [9.17, 15) is 10.1 Å². The minimum atomic E-state index is -0.411. The van der Waals surface area contributed by atoms with Crippen LogP contribution in [0.15, 0.2) is 18.2 Å². The molecule has 0 radical (unpaired) electrons. The number of non-ortho nitro benzene ring substituents is 1. The average Bonchev–Trinajstić information content (AvgIpc) is 2.54. The minimum absolute atomic E-state index is 0.0544. The van der Waals surface area contributed by atoms with Crippen LogP contribution in [0.2, 0.25) is 0 Å². The van der Waals surface area contributed by atoms with Gasteiger partial charge < -0.3 is 10.6 Å². The van der Waals surface area contributed by atoms with E-state index < -0.39 is 4.92 Å². The third kappa shape index (κ3) is 2.55. The van der Waals surface area contributed by atoms with Gasteiger partial charge in [-0.15, -0.1) is 0 Å². The fourth-order valence-electron chi connectivity index (χ4n) is 2.55. The summed E-state index contributed by atoms with van der Waals surface area (Å²) in [5, 5.41) is 10.7. The smallest absolute Gasteiger partial charge is 0.271 e. The summed E-state index contributed by atoms with van der Waals surface area (Å²) >= 11 is 0. The lowest BCUT2D eigenvalue weighted by Gasteiger charge is -2.30. The average molecular weight is 249 g/mol.